The van der Waals surface area contributed by atoms with Crippen molar-refractivity contribution >= 4 is 29.4 Å². The minimum atomic E-state index is 0.278. The molecule has 2 saturated heterocycles. The highest BCUT2D eigenvalue weighted by molar-refractivity contribution is 8.00. The third kappa shape index (κ3) is 6.70. The second-order valence-electron chi connectivity index (χ2n) is 7.57. The van der Waals surface area contributed by atoms with Crippen LogP contribution in [-0.2, 0) is 16.0 Å². The van der Waals surface area contributed by atoms with Crippen LogP contribution in [0.25, 0.3) is 0 Å². The smallest absolute Gasteiger partial charge is 0.227 e. The standard InChI is InChI=1S/C21H32N2O2S2/c1-17(2)27-20-6-4-18(5-7-20)14-21(24)23-8-3-13-26-16-19(23)15-22-9-11-25-12-10-22/h4-7,17,19H,3,8-16H2,1-2H3/t19-/m1/s1. The van der Waals surface area contributed by atoms with Gasteiger partial charge in [-0.25, -0.2) is 0 Å². The van der Waals surface area contributed by atoms with Crippen molar-refractivity contribution in [3.8, 4) is 0 Å². The maximum absolute atomic E-state index is 13.1. The van der Waals surface area contributed by atoms with Crippen molar-refractivity contribution in [2.75, 3.05) is 50.9 Å². The molecule has 0 aromatic heterocycles. The first-order valence-corrected chi connectivity index (χ1v) is 12.1. The van der Waals surface area contributed by atoms with Gasteiger partial charge in [-0.2, -0.15) is 11.8 Å². The third-order valence-corrected chi connectivity index (χ3v) is 7.20. The normalized spacial score (nSPS) is 22.0. The number of morpholine rings is 1. The molecule has 2 aliphatic rings. The largest absolute Gasteiger partial charge is 0.379 e. The van der Waals surface area contributed by atoms with Crippen molar-refractivity contribution in [2.45, 2.75) is 42.9 Å². The number of thioether (sulfide) groups is 2. The molecule has 27 heavy (non-hydrogen) atoms. The molecule has 6 heteroatoms. The molecule has 1 amide bonds. The van der Waals surface area contributed by atoms with Crippen molar-refractivity contribution < 1.29 is 9.53 Å². The van der Waals surface area contributed by atoms with Crippen LogP contribution in [0.5, 0.6) is 0 Å². The molecule has 0 bridgehead atoms. The number of carbonyl (C=O) groups excluding carboxylic acids is 1. The maximum atomic E-state index is 13.1. The van der Waals surface area contributed by atoms with Crippen LogP contribution in [0.3, 0.4) is 0 Å². The summed E-state index contributed by atoms with van der Waals surface area (Å²) in [5.41, 5.74) is 1.12. The number of hydrogen-bond acceptors (Lipinski definition) is 5. The van der Waals surface area contributed by atoms with E-state index in [0.29, 0.717) is 17.7 Å². The van der Waals surface area contributed by atoms with Gasteiger partial charge in [0.1, 0.15) is 0 Å². The van der Waals surface area contributed by atoms with E-state index >= 15 is 0 Å². The molecule has 0 aliphatic carbocycles. The van der Waals surface area contributed by atoms with Gasteiger partial charge in [0.15, 0.2) is 0 Å². The van der Waals surface area contributed by atoms with Crippen LogP contribution in [-0.4, -0.2) is 77.9 Å². The molecule has 1 aromatic rings. The van der Waals surface area contributed by atoms with E-state index in [1.54, 1.807) is 0 Å². The Kier molecular flexibility index (Phi) is 8.37. The van der Waals surface area contributed by atoms with Gasteiger partial charge in [-0.05, 0) is 29.9 Å². The van der Waals surface area contributed by atoms with E-state index in [4.69, 9.17) is 4.74 Å². The van der Waals surface area contributed by atoms with E-state index in [-0.39, 0.29) is 5.91 Å². The fraction of sp³-hybridized carbons (Fsp3) is 0.667. The van der Waals surface area contributed by atoms with Gasteiger partial charge in [-0.1, -0.05) is 26.0 Å². The van der Waals surface area contributed by atoms with E-state index in [2.05, 4.69) is 47.9 Å². The molecule has 0 radical (unpaired) electrons. The first-order valence-electron chi connectivity index (χ1n) is 10.0. The lowest BCUT2D eigenvalue weighted by Gasteiger charge is -2.35. The van der Waals surface area contributed by atoms with Gasteiger partial charge in [-0.3, -0.25) is 9.69 Å². The summed E-state index contributed by atoms with van der Waals surface area (Å²) in [5.74, 6) is 2.48. The Morgan fingerprint density at radius 3 is 2.67 bits per heavy atom. The molecule has 4 nitrogen and oxygen atoms in total. The van der Waals surface area contributed by atoms with E-state index in [1.165, 1.54) is 4.90 Å². The van der Waals surface area contributed by atoms with Crippen molar-refractivity contribution in [1.82, 2.24) is 9.80 Å². The van der Waals surface area contributed by atoms with Crippen molar-refractivity contribution in [3.63, 3.8) is 0 Å². The van der Waals surface area contributed by atoms with Crippen molar-refractivity contribution in [3.05, 3.63) is 29.8 Å². The molecule has 150 valence electrons. The predicted molar refractivity (Wildman–Crippen MR) is 116 cm³/mol. The van der Waals surface area contributed by atoms with Crippen LogP contribution >= 0.6 is 23.5 Å². The summed E-state index contributed by atoms with van der Waals surface area (Å²) in [6.45, 7) is 9.87. The quantitative estimate of drug-likeness (QED) is 0.674. The molecule has 0 N–H and O–H groups in total. The van der Waals surface area contributed by atoms with E-state index in [1.807, 2.05) is 23.5 Å². The zero-order valence-corrected chi connectivity index (χ0v) is 18.2. The summed E-state index contributed by atoms with van der Waals surface area (Å²) in [5, 5.41) is 0.577. The number of hydrogen-bond donors (Lipinski definition) is 0. The number of ether oxygens (including phenoxy) is 1. The Morgan fingerprint density at radius 2 is 1.96 bits per heavy atom. The first kappa shape index (κ1) is 21.0. The Labute approximate surface area is 172 Å². The average molecular weight is 409 g/mol. The lowest BCUT2D eigenvalue weighted by atomic mass is 10.1. The number of benzene rings is 1. The van der Waals surface area contributed by atoms with Gasteiger partial charge >= 0.3 is 0 Å². The molecule has 2 aliphatic heterocycles. The van der Waals surface area contributed by atoms with Gasteiger partial charge < -0.3 is 9.64 Å². The predicted octanol–water partition coefficient (Wildman–Crippen LogP) is 3.40. The Hall–Kier alpha value is -0.690. The van der Waals surface area contributed by atoms with E-state index in [0.717, 1.165) is 62.9 Å². The number of nitrogens with zero attached hydrogens (tertiary/aromatic N) is 2. The zero-order valence-electron chi connectivity index (χ0n) is 16.6. The summed E-state index contributed by atoms with van der Waals surface area (Å²) in [4.78, 5) is 19.0. The van der Waals surface area contributed by atoms with E-state index < -0.39 is 0 Å². The fourth-order valence-corrected chi connectivity index (χ4v) is 5.52. The fourth-order valence-electron chi connectivity index (χ4n) is 3.62. The molecule has 0 unspecified atom stereocenters. The molecule has 1 aromatic carbocycles. The monoisotopic (exact) mass is 408 g/mol. The second kappa shape index (κ2) is 10.7. The lowest BCUT2D eigenvalue weighted by Crippen LogP contribution is -2.50. The molecule has 1 atom stereocenters. The Balaban J connectivity index is 1.60. The third-order valence-electron chi connectivity index (χ3n) is 4.98. The van der Waals surface area contributed by atoms with Gasteiger partial charge in [-0.15, -0.1) is 11.8 Å². The number of rotatable bonds is 6. The van der Waals surface area contributed by atoms with Crippen LogP contribution in [0.2, 0.25) is 0 Å². The minimum absolute atomic E-state index is 0.278. The topological polar surface area (TPSA) is 32.8 Å². The highest BCUT2D eigenvalue weighted by atomic mass is 32.2. The summed E-state index contributed by atoms with van der Waals surface area (Å²) in [7, 11) is 0. The van der Waals surface area contributed by atoms with Gasteiger partial charge in [0, 0.05) is 42.1 Å². The minimum Gasteiger partial charge on any atom is -0.379 e. The van der Waals surface area contributed by atoms with Crippen LogP contribution in [0, 0.1) is 0 Å². The lowest BCUT2D eigenvalue weighted by molar-refractivity contribution is -0.132. The van der Waals surface area contributed by atoms with E-state index in [9.17, 15) is 4.79 Å². The molecule has 2 fully saturated rings. The van der Waals surface area contributed by atoms with Crippen LogP contribution in [0.4, 0.5) is 0 Å². The molecular formula is C21H32N2O2S2. The van der Waals surface area contributed by atoms with Gasteiger partial charge in [0.2, 0.25) is 5.91 Å². The van der Waals surface area contributed by atoms with Crippen molar-refractivity contribution in [1.29, 1.82) is 0 Å². The van der Waals surface area contributed by atoms with Gasteiger partial charge in [0.05, 0.1) is 25.7 Å². The van der Waals surface area contributed by atoms with Crippen LogP contribution in [0.15, 0.2) is 29.2 Å². The number of carbonyl (C=O) groups is 1. The first-order chi connectivity index (χ1) is 13.1. The van der Waals surface area contributed by atoms with Crippen LogP contribution < -0.4 is 0 Å². The number of amides is 1. The Morgan fingerprint density at radius 1 is 1.22 bits per heavy atom. The molecular weight excluding hydrogens is 376 g/mol. The molecule has 0 spiro atoms. The summed E-state index contributed by atoms with van der Waals surface area (Å²) < 4.78 is 5.47. The SMILES string of the molecule is CC(C)Sc1ccc(CC(=O)N2CCCSC[C@H]2CN2CCOCC2)cc1. The molecule has 3 rings (SSSR count). The van der Waals surface area contributed by atoms with Crippen molar-refractivity contribution in [2.24, 2.45) is 0 Å². The maximum Gasteiger partial charge on any atom is 0.227 e. The highest BCUT2D eigenvalue weighted by Gasteiger charge is 2.28. The van der Waals surface area contributed by atoms with Crippen LogP contribution in [0.1, 0.15) is 25.8 Å². The Bertz CT molecular complexity index is 588. The zero-order chi connectivity index (χ0) is 19.1. The summed E-state index contributed by atoms with van der Waals surface area (Å²) in [6, 6.07) is 8.85. The average Bonchev–Trinajstić information content (AvgIpc) is 2.89. The highest BCUT2D eigenvalue weighted by Crippen LogP contribution is 2.24. The van der Waals surface area contributed by atoms with Gasteiger partial charge in [0.25, 0.3) is 0 Å². The second-order valence-corrected chi connectivity index (χ2v) is 10.4. The summed E-state index contributed by atoms with van der Waals surface area (Å²) in [6.07, 6.45) is 1.61. The molecule has 2 heterocycles. The molecule has 0 saturated carbocycles. The summed E-state index contributed by atoms with van der Waals surface area (Å²) >= 11 is 3.86.